The molecule has 0 saturated carbocycles. The number of aromatic nitrogens is 1. The van der Waals surface area contributed by atoms with Gasteiger partial charge in [-0.1, -0.05) is 24.3 Å². The molecule has 1 aromatic carbocycles. The molecule has 1 aliphatic rings. The summed E-state index contributed by atoms with van der Waals surface area (Å²) in [7, 11) is 0. The number of pyridine rings is 1. The minimum atomic E-state index is -0.564. The zero-order chi connectivity index (χ0) is 17.1. The lowest BCUT2D eigenvalue weighted by Gasteiger charge is -2.38. The predicted octanol–water partition coefficient (Wildman–Crippen LogP) is 3.18. The van der Waals surface area contributed by atoms with Crippen molar-refractivity contribution < 1.29 is 14.3 Å². The van der Waals surface area contributed by atoms with E-state index in [1.165, 1.54) is 0 Å². The minimum absolute atomic E-state index is 0.135. The molecule has 1 aliphatic heterocycles. The van der Waals surface area contributed by atoms with Crippen molar-refractivity contribution in [2.45, 2.75) is 45.2 Å². The molecule has 2 heterocycles. The van der Waals surface area contributed by atoms with Crippen molar-refractivity contribution in [1.29, 1.82) is 0 Å². The lowest BCUT2D eigenvalue weighted by atomic mass is 9.97. The van der Waals surface area contributed by atoms with Crippen LogP contribution in [0.3, 0.4) is 0 Å². The highest BCUT2D eigenvalue weighted by molar-refractivity contribution is 5.92. The molecule has 1 amide bonds. The van der Waals surface area contributed by atoms with Crippen LogP contribution in [0, 0.1) is 0 Å². The van der Waals surface area contributed by atoms with E-state index in [9.17, 15) is 9.59 Å². The average molecular weight is 326 g/mol. The molecule has 1 fully saturated rings. The zero-order valence-corrected chi connectivity index (χ0v) is 14.1. The first-order valence-electron chi connectivity index (χ1n) is 8.40. The standard InChI is InChI=1S/C19H22N2O3/c1-13-6-5-7-14(2)21(13)18(22)12-24-19(23)17-11-10-15-8-3-4-9-16(15)20-17/h3-4,8-11,13-14H,5-7,12H2,1-2H3/t13-,14-/m0/s1. The van der Waals surface area contributed by atoms with Gasteiger partial charge in [0.1, 0.15) is 5.69 Å². The Balaban J connectivity index is 1.64. The van der Waals surface area contributed by atoms with Crippen LogP contribution in [0.25, 0.3) is 10.9 Å². The van der Waals surface area contributed by atoms with Crippen LogP contribution in [0.1, 0.15) is 43.6 Å². The van der Waals surface area contributed by atoms with Gasteiger partial charge in [0, 0.05) is 17.5 Å². The predicted molar refractivity (Wildman–Crippen MR) is 91.6 cm³/mol. The Hall–Kier alpha value is -2.43. The summed E-state index contributed by atoms with van der Waals surface area (Å²) in [5, 5.41) is 0.959. The molecule has 0 bridgehead atoms. The van der Waals surface area contributed by atoms with Gasteiger partial charge in [0.15, 0.2) is 6.61 Å². The van der Waals surface area contributed by atoms with Gasteiger partial charge in [-0.05, 0) is 45.2 Å². The first-order valence-corrected chi connectivity index (χ1v) is 8.40. The summed E-state index contributed by atoms with van der Waals surface area (Å²) in [6.07, 6.45) is 3.12. The second kappa shape index (κ2) is 6.99. The van der Waals surface area contributed by atoms with Gasteiger partial charge < -0.3 is 9.64 Å². The highest BCUT2D eigenvalue weighted by atomic mass is 16.5. The molecule has 0 spiro atoms. The summed E-state index contributed by atoms with van der Waals surface area (Å²) in [5.74, 6) is -0.699. The molecular weight excluding hydrogens is 304 g/mol. The van der Waals surface area contributed by atoms with Crippen LogP contribution in [0.5, 0.6) is 0 Å². The number of hydrogen-bond acceptors (Lipinski definition) is 4. The van der Waals surface area contributed by atoms with E-state index in [4.69, 9.17) is 4.74 Å². The van der Waals surface area contributed by atoms with Crippen molar-refractivity contribution in [3.63, 3.8) is 0 Å². The third kappa shape index (κ3) is 3.40. The van der Waals surface area contributed by atoms with Gasteiger partial charge in [-0.25, -0.2) is 9.78 Å². The molecule has 0 radical (unpaired) electrons. The third-order valence-corrected chi connectivity index (χ3v) is 4.62. The maximum Gasteiger partial charge on any atom is 0.357 e. The van der Waals surface area contributed by atoms with Gasteiger partial charge >= 0.3 is 5.97 Å². The summed E-state index contributed by atoms with van der Waals surface area (Å²) in [6, 6.07) is 11.4. The lowest BCUT2D eigenvalue weighted by Crippen LogP contribution is -2.49. The van der Waals surface area contributed by atoms with E-state index in [0.29, 0.717) is 0 Å². The number of para-hydroxylation sites is 1. The Morgan fingerprint density at radius 3 is 2.58 bits per heavy atom. The molecule has 1 aromatic heterocycles. The van der Waals surface area contributed by atoms with Gasteiger partial charge in [0.05, 0.1) is 5.52 Å². The van der Waals surface area contributed by atoms with Crippen LogP contribution in [0.4, 0.5) is 0 Å². The van der Waals surface area contributed by atoms with Gasteiger partial charge in [0.25, 0.3) is 5.91 Å². The molecule has 0 unspecified atom stereocenters. The monoisotopic (exact) mass is 326 g/mol. The van der Waals surface area contributed by atoms with Crippen LogP contribution in [-0.2, 0) is 9.53 Å². The number of ether oxygens (including phenoxy) is 1. The summed E-state index contributed by atoms with van der Waals surface area (Å²) < 4.78 is 5.20. The maximum absolute atomic E-state index is 12.4. The number of nitrogens with zero attached hydrogens (tertiary/aromatic N) is 2. The Kier molecular flexibility index (Phi) is 4.79. The Bertz CT molecular complexity index is 749. The molecule has 0 N–H and O–H groups in total. The topological polar surface area (TPSA) is 59.5 Å². The van der Waals surface area contributed by atoms with E-state index in [-0.39, 0.29) is 30.3 Å². The second-order valence-corrected chi connectivity index (χ2v) is 6.40. The van der Waals surface area contributed by atoms with Crippen LogP contribution in [0.15, 0.2) is 36.4 Å². The van der Waals surface area contributed by atoms with Crippen LogP contribution in [-0.4, -0.2) is 40.5 Å². The van der Waals surface area contributed by atoms with Crippen LogP contribution in [0.2, 0.25) is 0 Å². The number of carbonyl (C=O) groups is 2. The van der Waals surface area contributed by atoms with Gasteiger partial charge in [-0.15, -0.1) is 0 Å². The number of esters is 1. The fourth-order valence-corrected chi connectivity index (χ4v) is 3.37. The number of piperidine rings is 1. The molecule has 5 nitrogen and oxygen atoms in total. The average Bonchev–Trinajstić information content (AvgIpc) is 2.59. The molecule has 2 atom stereocenters. The molecule has 24 heavy (non-hydrogen) atoms. The minimum Gasteiger partial charge on any atom is -0.451 e. The normalized spacial score (nSPS) is 20.8. The zero-order valence-electron chi connectivity index (χ0n) is 14.1. The molecule has 5 heteroatoms. The van der Waals surface area contributed by atoms with Crippen molar-refractivity contribution in [2.24, 2.45) is 0 Å². The Labute approximate surface area is 141 Å². The Morgan fingerprint density at radius 2 is 1.83 bits per heavy atom. The number of benzene rings is 1. The molecule has 0 aliphatic carbocycles. The number of likely N-dealkylation sites (tertiary alicyclic amines) is 1. The van der Waals surface area contributed by atoms with Crippen molar-refractivity contribution in [3.8, 4) is 0 Å². The number of fused-ring (bicyclic) bond motifs is 1. The smallest absolute Gasteiger partial charge is 0.357 e. The van der Waals surface area contributed by atoms with Crippen molar-refractivity contribution >= 4 is 22.8 Å². The fraction of sp³-hybridized carbons (Fsp3) is 0.421. The number of hydrogen-bond donors (Lipinski definition) is 0. The SMILES string of the molecule is C[C@H]1CCC[C@H](C)N1C(=O)COC(=O)c1ccc2ccccc2n1. The van der Waals surface area contributed by atoms with Crippen LogP contribution < -0.4 is 0 Å². The van der Waals surface area contributed by atoms with Crippen molar-refractivity contribution in [3.05, 3.63) is 42.1 Å². The van der Waals surface area contributed by atoms with E-state index in [0.717, 1.165) is 30.2 Å². The highest BCUT2D eigenvalue weighted by Crippen LogP contribution is 2.22. The molecule has 126 valence electrons. The third-order valence-electron chi connectivity index (χ3n) is 4.62. The van der Waals surface area contributed by atoms with E-state index in [1.807, 2.05) is 49.1 Å². The fourth-order valence-electron chi connectivity index (χ4n) is 3.37. The lowest BCUT2D eigenvalue weighted by molar-refractivity contribution is -0.140. The van der Waals surface area contributed by atoms with Crippen molar-refractivity contribution in [1.82, 2.24) is 9.88 Å². The first kappa shape index (κ1) is 16.4. The molecular formula is C19H22N2O3. The van der Waals surface area contributed by atoms with E-state index in [2.05, 4.69) is 4.98 Å². The maximum atomic E-state index is 12.4. The first-order chi connectivity index (χ1) is 11.6. The van der Waals surface area contributed by atoms with Gasteiger partial charge in [-0.2, -0.15) is 0 Å². The van der Waals surface area contributed by atoms with Gasteiger partial charge in [0.2, 0.25) is 0 Å². The highest BCUT2D eigenvalue weighted by Gasteiger charge is 2.29. The number of amides is 1. The summed E-state index contributed by atoms with van der Waals surface area (Å²) >= 11 is 0. The van der Waals surface area contributed by atoms with Crippen LogP contribution >= 0.6 is 0 Å². The number of rotatable bonds is 3. The molecule has 1 saturated heterocycles. The van der Waals surface area contributed by atoms with E-state index >= 15 is 0 Å². The van der Waals surface area contributed by atoms with E-state index < -0.39 is 5.97 Å². The Morgan fingerprint density at radius 1 is 1.12 bits per heavy atom. The largest absolute Gasteiger partial charge is 0.451 e. The summed E-state index contributed by atoms with van der Waals surface area (Å²) in [4.78, 5) is 30.7. The van der Waals surface area contributed by atoms with Gasteiger partial charge in [-0.3, -0.25) is 4.79 Å². The summed E-state index contributed by atoms with van der Waals surface area (Å²) in [5.41, 5.74) is 0.956. The summed E-state index contributed by atoms with van der Waals surface area (Å²) in [6.45, 7) is 3.85. The molecule has 3 rings (SSSR count). The second-order valence-electron chi connectivity index (χ2n) is 6.40. The van der Waals surface area contributed by atoms with E-state index in [1.54, 1.807) is 6.07 Å². The quantitative estimate of drug-likeness (QED) is 0.813. The molecule has 2 aromatic rings. The number of carbonyl (C=O) groups excluding carboxylic acids is 2. The van der Waals surface area contributed by atoms with Crippen molar-refractivity contribution in [2.75, 3.05) is 6.61 Å².